The quantitative estimate of drug-likeness (QED) is 0.223. The first-order chi connectivity index (χ1) is 10.5. The third-order valence-corrected chi connectivity index (χ3v) is 2.56. The van der Waals surface area contributed by atoms with Crippen molar-refractivity contribution < 1.29 is 34.0 Å². The van der Waals surface area contributed by atoms with Gasteiger partial charge in [0.2, 0.25) is 5.28 Å². The first-order valence-corrected chi connectivity index (χ1v) is 7.21. The van der Waals surface area contributed by atoms with Gasteiger partial charge in [0.15, 0.2) is 6.04 Å². The molecule has 0 rings (SSSR count). The van der Waals surface area contributed by atoms with Crippen LogP contribution in [0.15, 0.2) is 5.28 Å². The number of carboxylic acid groups (broad SMARTS) is 1. The molecule has 2 atom stereocenters. The van der Waals surface area contributed by atoms with Gasteiger partial charge in [-0.25, -0.2) is 9.59 Å². The van der Waals surface area contributed by atoms with Crippen molar-refractivity contribution in [2.24, 2.45) is 11.2 Å². The molecule has 0 aliphatic rings. The standard InChI is InChI=1S/C13H25N3O7/c1-8(2)7-11(12(17)18)15(6)16(20)14-23-10(5)22-13(19)21-9(3)4/h8-11H,7H2,1-6H3,(H,17,18)/b16-14-/t10?,11-/m0/s1. The topological polar surface area (TPSA) is 124 Å². The molecule has 10 nitrogen and oxygen atoms in total. The van der Waals surface area contributed by atoms with Crippen LogP contribution in [-0.2, 0) is 19.1 Å². The molecule has 0 aromatic heterocycles. The molecule has 0 saturated carbocycles. The van der Waals surface area contributed by atoms with E-state index in [-0.39, 0.29) is 23.4 Å². The van der Waals surface area contributed by atoms with Crippen LogP contribution in [0.4, 0.5) is 4.79 Å². The molecule has 1 N–H and O–H groups in total. The third-order valence-electron chi connectivity index (χ3n) is 2.56. The average molecular weight is 335 g/mol. The predicted molar refractivity (Wildman–Crippen MR) is 77.9 cm³/mol. The number of likely N-dealkylation sites (N-methyl/N-ethyl adjacent to an activating group) is 1. The molecule has 0 aliphatic heterocycles. The zero-order chi connectivity index (χ0) is 18.2. The van der Waals surface area contributed by atoms with Gasteiger partial charge in [-0.3, -0.25) is 4.84 Å². The fraction of sp³-hybridized carbons (Fsp3) is 0.846. The molecule has 1 unspecified atom stereocenters. The average Bonchev–Trinajstić information content (AvgIpc) is 2.39. The van der Waals surface area contributed by atoms with Crippen molar-refractivity contribution in [3.05, 3.63) is 5.21 Å². The van der Waals surface area contributed by atoms with Crippen LogP contribution in [-0.4, -0.2) is 52.7 Å². The lowest BCUT2D eigenvalue weighted by Gasteiger charge is -2.22. The first-order valence-electron chi connectivity index (χ1n) is 7.21. The number of nitrogens with zero attached hydrogens (tertiary/aromatic N) is 3. The summed E-state index contributed by atoms with van der Waals surface area (Å²) in [5.41, 5.74) is 0. The van der Waals surface area contributed by atoms with Crippen LogP contribution in [0, 0.1) is 11.1 Å². The Kier molecular flexibility index (Phi) is 8.74. The van der Waals surface area contributed by atoms with Crippen LogP contribution in [0.5, 0.6) is 0 Å². The number of carbonyl (C=O) groups excluding carboxylic acids is 1. The highest BCUT2D eigenvalue weighted by Crippen LogP contribution is 2.11. The van der Waals surface area contributed by atoms with Crippen LogP contribution in [0.3, 0.4) is 0 Å². The molecular weight excluding hydrogens is 310 g/mol. The number of carbonyl (C=O) groups is 2. The van der Waals surface area contributed by atoms with Crippen molar-refractivity contribution in [2.75, 3.05) is 7.05 Å². The molecular formula is C13H25N3O7. The fourth-order valence-electron chi connectivity index (χ4n) is 1.52. The van der Waals surface area contributed by atoms with Gasteiger partial charge in [0, 0.05) is 6.92 Å². The first kappa shape index (κ1) is 20.7. The number of rotatable bonds is 9. The van der Waals surface area contributed by atoms with E-state index in [1.54, 1.807) is 13.8 Å². The minimum atomic E-state index is -1.17. The minimum absolute atomic E-state index is 0.00515. The number of aliphatic carboxylic acids is 1. The number of carboxylic acids is 1. The zero-order valence-electron chi connectivity index (χ0n) is 14.3. The number of hydrazine groups is 1. The molecule has 23 heavy (non-hydrogen) atoms. The van der Waals surface area contributed by atoms with Crippen LogP contribution in [0.2, 0.25) is 0 Å². The molecule has 134 valence electrons. The monoisotopic (exact) mass is 335 g/mol. The van der Waals surface area contributed by atoms with Gasteiger partial charge < -0.3 is 19.8 Å². The lowest BCUT2D eigenvalue weighted by atomic mass is 10.0. The second-order valence-corrected chi connectivity index (χ2v) is 5.60. The highest BCUT2D eigenvalue weighted by atomic mass is 16.8. The molecule has 0 fully saturated rings. The molecule has 0 heterocycles. The van der Waals surface area contributed by atoms with E-state index >= 15 is 0 Å². The summed E-state index contributed by atoms with van der Waals surface area (Å²) >= 11 is 0. The largest absolute Gasteiger partial charge is 0.569 e. The van der Waals surface area contributed by atoms with E-state index < -0.39 is 24.5 Å². The van der Waals surface area contributed by atoms with Gasteiger partial charge >= 0.3 is 12.1 Å². The number of hydrogen-bond acceptors (Lipinski definition) is 7. The van der Waals surface area contributed by atoms with Gasteiger partial charge in [-0.1, -0.05) is 13.8 Å². The van der Waals surface area contributed by atoms with E-state index in [9.17, 15) is 14.8 Å². The normalized spacial score (nSPS) is 14.3. The summed E-state index contributed by atoms with van der Waals surface area (Å²) < 4.78 is 9.41. The van der Waals surface area contributed by atoms with Gasteiger partial charge in [-0.15, -0.1) is 5.01 Å². The summed E-state index contributed by atoms with van der Waals surface area (Å²) in [6.45, 7) is 8.30. The van der Waals surface area contributed by atoms with Crippen molar-refractivity contribution in [3.8, 4) is 0 Å². The smallest absolute Gasteiger partial charge is 0.511 e. The Bertz CT molecular complexity index is 426. The Morgan fingerprint density at radius 1 is 1.22 bits per heavy atom. The van der Waals surface area contributed by atoms with Gasteiger partial charge in [-0.2, -0.15) is 0 Å². The molecule has 10 heteroatoms. The van der Waals surface area contributed by atoms with Gasteiger partial charge in [0.25, 0.3) is 6.29 Å². The second-order valence-electron chi connectivity index (χ2n) is 5.60. The van der Waals surface area contributed by atoms with Crippen molar-refractivity contribution in [1.82, 2.24) is 5.01 Å². The molecule has 0 aliphatic carbocycles. The van der Waals surface area contributed by atoms with Gasteiger partial charge in [-0.05, 0) is 26.2 Å². The van der Waals surface area contributed by atoms with Crippen LogP contribution in [0.1, 0.15) is 41.0 Å². The summed E-state index contributed by atoms with van der Waals surface area (Å²) in [5.74, 6) is -1.08. The summed E-state index contributed by atoms with van der Waals surface area (Å²) in [6, 6.07) is -1.05. The van der Waals surface area contributed by atoms with Gasteiger partial charge in [0.05, 0.1) is 18.1 Å². The fourth-order valence-corrected chi connectivity index (χ4v) is 1.52. The van der Waals surface area contributed by atoms with Crippen molar-refractivity contribution in [2.45, 2.75) is 59.5 Å². The molecule has 0 amide bonds. The number of ether oxygens (including phenoxy) is 2. The Morgan fingerprint density at radius 3 is 2.22 bits per heavy atom. The Hall–Kier alpha value is -2.26. The molecule has 0 aromatic carbocycles. The Labute approximate surface area is 135 Å². The van der Waals surface area contributed by atoms with Crippen molar-refractivity contribution in [3.63, 3.8) is 0 Å². The summed E-state index contributed by atoms with van der Waals surface area (Å²) in [4.78, 5) is 27.1. The summed E-state index contributed by atoms with van der Waals surface area (Å²) in [6.07, 6.45) is -2.23. The van der Waals surface area contributed by atoms with E-state index in [4.69, 9.17) is 14.7 Å². The van der Waals surface area contributed by atoms with Crippen molar-refractivity contribution >= 4 is 12.1 Å². The van der Waals surface area contributed by atoms with E-state index in [0.29, 0.717) is 0 Å². The van der Waals surface area contributed by atoms with Crippen molar-refractivity contribution in [1.29, 1.82) is 0 Å². The second kappa shape index (κ2) is 9.70. The lowest BCUT2D eigenvalue weighted by molar-refractivity contribution is -0.712. The predicted octanol–water partition coefficient (Wildman–Crippen LogP) is 2.13. The minimum Gasteiger partial charge on any atom is -0.569 e. The molecule has 0 spiro atoms. The van der Waals surface area contributed by atoms with E-state index in [0.717, 1.165) is 5.01 Å². The van der Waals surface area contributed by atoms with Gasteiger partial charge in [0.1, 0.15) is 0 Å². The number of hydrogen-bond donors (Lipinski definition) is 1. The van der Waals surface area contributed by atoms with E-state index in [2.05, 4.69) is 10.0 Å². The van der Waals surface area contributed by atoms with Crippen LogP contribution >= 0.6 is 0 Å². The molecule has 0 aromatic rings. The Morgan fingerprint density at radius 2 is 1.78 bits per heavy atom. The molecule has 0 bridgehead atoms. The third kappa shape index (κ3) is 8.69. The zero-order valence-corrected chi connectivity index (χ0v) is 14.3. The maximum Gasteiger partial charge on any atom is 0.511 e. The maximum atomic E-state index is 11.8. The van der Waals surface area contributed by atoms with Crippen LogP contribution < -0.4 is 0 Å². The summed E-state index contributed by atoms with van der Waals surface area (Å²) in [5, 5.41) is 25.0. The maximum absolute atomic E-state index is 11.8. The molecule has 0 radical (unpaired) electrons. The van der Waals surface area contributed by atoms with Crippen LogP contribution in [0.25, 0.3) is 0 Å². The molecule has 0 saturated heterocycles. The highest BCUT2D eigenvalue weighted by Gasteiger charge is 2.29. The lowest BCUT2D eigenvalue weighted by Crippen LogP contribution is -2.43. The van der Waals surface area contributed by atoms with E-state index in [1.165, 1.54) is 14.0 Å². The Balaban J connectivity index is 4.61. The highest BCUT2D eigenvalue weighted by molar-refractivity contribution is 5.73. The SMILES string of the molecule is CC(C)C[C@@H](C(=O)O)N(C)/[N+]([O-])=N/OC(C)OC(=O)OC(C)C. The summed E-state index contributed by atoms with van der Waals surface area (Å²) in [7, 11) is 1.28. The van der Waals surface area contributed by atoms with E-state index in [1.807, 2.05) is 13.8 Å².